The second-order valence-corrected chi connectivity index (χ2v) is 6.27. The van der Waals surface area contributed by atoms with Gasteiger partial charge in [-0.05, 0) is 30.9 Å². The standard InChI is InChI=1S/C14H16N2O3S/c17-13(18)11-8-20-12(9-6-7-9)16(11)14(19)15-10-4-2-1-3-5-10/h1-5,9,11-12H,6-8H2,(H,15,19)(H,17,18). The highest BCUT2D eigenvalue weighted by molar-refractivity contribution is 8.00. The molecule has 0 spiro atoms. The Morgan fingerprint density at radius 2 is 1.95 bits per heavy atom. The Bertz CT molecular complexity index is 518. The predicted molar refractivity (Wildman–Crippen MR) is 77.7 cm³/mol. The van der Waals surface area contributed by atoms with E-state index in [0.29, 0.717) is 17.4 Å². The minimum absolute atomic E-state index is 0.000174. The molecule has 3 rings (SSSR count). The molecule has 0 radical (unpaired) electrons. The number of nitrogens with zero attached hydrogens (tertiary/aromatic N) is 1. The van der Waals surface area contributed by atoms with Gasteiger partial charge in [-0.25, -0.2) is 9.59 Å². The highest BCUT2D eigenvalue weighted by atomic mass is 32.2. The lowest BCUT2D eigenvalue weighted by atomic mass is 10.2. The zero-order valence-electron chi connectivity index (χ0n) is 10.9. The van der Waals surface area contributed by atoms with Crippen LogP contribution in [0.15, 0.2) is 30.3 Å². The molecule has 2 N–H and O–H groups in total. The monoisotopic (exact) mass is 292 g/mol. The number of rotatable bonds is 3. The van der Waals surface area contributed by atoms with E-state index in [0.717, 1.165) is 12.8 Å². The smallest absolute Gasteiger partial charge is 0.327 e. The van der Waals surface area contributed by atoms with Crippen LogP contribution in [0.1, 0.15) is 12.8 Å². The number of carboxylic acid groups (broad SMARTS) is 1. The quantitative estimate of drug-likeness (QED) is 0.898. The third-order valence-electron chi connectivity index (χ3n) is 3.60. The molecule has 2 fully saturated rings. The molecule has 1 aromatic carbocycles. The molecule has 0 aromatic heterocycles. The van der Waals surface area contributed by atoms with E-state index in [4.69, 9.17) is 0 Å². The first kappa shape index (κ1) is 13.3. The fourth-order valence-corrected chi connectivity index (χ4v) is 4.06. The summed E-state index contributed by atoms with van der Waals surface area (Å²) >= 11 is 1.58. The Morgan fingerprint density at radius 3 is 2.55 bits per heavy atom. The zero-order valence-corrected chi connectivity index (χ0v) is 11.7. The maximum atomic E-state index is 12.4. The van der Waals surface area contributed by atoms with E-state index in [1.54, 1.807) is 23.9 Å². The lowest BCUT2D eigenvalue weighted by molar-refractivity contribution is -0.141. The van der Waals surface area contributed by atoms with Crippen molar-refractivity contribution in [3.8, 4) is 0 Å². The lowest BCUT2D eigenvalue weighted by Crippen LogP contribution is -2.48. The molecule has 1 aromatic rings. The second kappa shape index (κ2) is 5.36. The van der Waals surface area contributed by atoms with Gasteiger partial charge in [-0.1, -0.05) is 18.2 Å². The highest BCUT2D eigenvalue weighted by Gasteiger charge is 2.48. The summed E-state index contributed by atoms with van der Waals surface area (Å²) in [4.78, 5) is 25.2. The van der Waals surface area contributed by atoms with Crippen molar-refractivity contribution in [1.29, 1.82) is 0 Å². The van der Waals surface area contributed by atoms with Crippen LogP contribution in [0.3, 0.4) is 0 Å². The van der Waals surface area contributed by atoms with Crippen LogP contribution < -0.4 is 5.32 Å². The summed E-state index contributed by atoms with van der Waals surface area (Å²) in [5.41, 5.74) is 0.688. The molecule has 1 heterocycles. The van der Waals surface area contributed by atoms with Crippen molar-refractivity contribution in [2.45, 2.75) is 24.3 Å². The van der Waals surface area contributed by atoms with Gasteiger partial charge in [0.05, 0.1) is 5.37 Å². The third-order valence-corrected chi connectivity index (χ3v) is 5.07. The second-order valence-electron chi connectivity index (χ2n) is 5.12. The number of para-hydroxylation sites is 1. The van der Waals surface area contributed by atoms with Gasteiger partial charge < -0.3 is 10.4 Å². The topological polar surface area (TPSA) is 69.6 Å². The molecule has 6 heteroatoms. The Kier molecular flexibility index (Phi) is 3.56. The SMILES string of the molecule is O=C(O)C1CSC(C2CC2)N1C(=O)Nc1ccccc1. The number of nitrogens with one attached hydrogen (secondary N) is 1. The molecule has 2 unspecified atom stereocenters. The molecule has 0 bridgehead atoms. The first-order valence-electron chi connectivity index (χ1n) is 6.65. The van der Waals surface area contributed by atoms with E-state index in [1.165, 1.54) is 4.90 Å². The van der Waals surface area contributed by atoms with Gasteiger partial charge in [0.15, 0.2) is 0 Å². The summed E-state index contributed by atoms with van der Waals surface area (Å²) < 4.78 is 0. The van der Waals surface area contributed by atoms with Crippen LogP contribution >= 0.6 is 11.8 Å². The number of carbonyl (C=O) groups excluding carboxylic acids is 1. The van der Waals surface area contributed by atoms with Gasteiger partial charge in [0, 0.05) is 11.4 Å². The average Bonchev–Trinajstić information content (AvgIpc) is 3.17. The number of aliphatic carboxylic acids is 1. The Hall–Kier alpha value is -1.69. The number of hydrogen-bond acceptors (Lipinski definition) is 3. The molecule has 20 heavy (non-hydrogen) atoms. The van der Waals surface area contributed by atoms with Gasteiger partial charge in [-0.3, -0.25) is 4.90 Å². The summed E-state index contributed by atoms with van der Waals surface area (Å²) in [6.45, 7) is 0. The highest BCUT2D eigenvalue weighted by Crippen LogP contribution is 2.45. The number of thioether (sulfide) groups is 1. The van der Waals surface area contributed by atoms with Crippen LogP contribution in [0.25, 0.3) is 0 Å². The minimum Gasteiger partial charge on any atom is -0.480 e. The van der Waals surface area contributed by atoms with Crippen LogP contribution in [0.5, 0.6) is 0 Å². The summed E-state index contributed by atoms with van der Waals surface area (Å²) in [5.74, 6) is -0.00616. The number of carboxylic acids is 1. The van der Waals surface area contributed by atoms with Crippen molar-refractivity contribution in [2.75, 3.05) is 11.1 Å². The van der Waals surface area contributed by atoms with Gasteiger partial charge >= 0.3 is 12.0 Å². The predicted octanol–water partition coefficient (Wildman–Crippen LogP) is 2.46. The zero-order chi connectivity index (χ0) is 14.1. The minimum atomic E-state index is -0.927. The van der Waals surface area contributed by atoms with Crippen molar-refractivity contribution in [1.82, 2.24) is 4.90 Å². The number of benzene rings is 1. The number of anilines is 1. The van der Waals surface area contributed by atoms with Gasteiger partial charge in [-0.15, -0.1) is 11.8 Å². The van der Waals surface area contributed by atoms with E-state index < -0.39 is 12.0 Å². The van der Waals surface area contributed by atoms with Crippen molar-refractivity contribution >= 4 is 29.4 Å². The van der Waals surface area contributed by atoms with Crippen LogP contribution in [0.2, 0.25) is 0 Å². The molecule has 1 saturated heterocycles. The lowest BCUT2D eigenvalue weighted by Gasteiger charge is -2.27. The van der Waals surface area contributed by atoms with Crippen LogP contribution in [0.4, 0.5) is 10.5 Å². The Balaban J connectivity index is 1.76. The molecule has 2 atom stereocenters. The van der Waals surface area contributed by atoms with Crippen LogP contribution in [0, 0.1) is 5.92 Å². The Morgan fingerprint density at radius 1 is 1.25 bits per heavy atom. The summed E-state index contributed by atoms with van der Waals surface area (Å²) in [6, 6.07) is 8.09. The van der Waals surface area contributed by atoms with Crippen molar-refractivity contribution < 1.29 is 14.7 Å². The summed E-state index contributed by atoms with van der Waals surface area (Å²) in [7, 11) is 0. The first-order valence-corrected chi connectivity index (χ1v) is 7.70. The van der Waals surface area contributed by atoms with Gasteiger partial charge in [0.25, 0.3) is 0 Å². The van der Waals surface area contributed by atoms with E-state index >= 15 is 0 Å². The summed E-state index contributed by atoms with van der Waals surface area (Å²) in [5, 5.41) is 12.1. The van der Waals surface area contributed by atoms with E-state index in [1.807, 2.05) is 18.2 Å². The first-order chi connectivity index (χ1) is 9.66. The van der Waals surface area contributed by atoms with Gasteiger partial charge in [-0.2, -0.15) is 0 Å². The van der Waals surface area contributed by atoms with Crippen molar-refractivity contribution in [3.63, 3.8) is 0 Å². The number of hydrogen-bond donors (Lipinski definition) is 2. The maximum Gasteiger partial charge on any atom is 0.327 e. The molecule has 1 aliphatic heterocycles. The van der Waals surface area contributed by atoms with E-state index in [-0.39, 0.29) is 11.4 Å². The normalized spacial score (nSPS) is 25.5. The summed E-state index contributed by atoms with van der Waals surface area (Å²) in [6.07, 6.45) is 2.16. The Labute approximate surface area is 121 Å². The van der Waals surface area contributed by atoms with Crippen molar-refractivity contribution in [3.05, 3.63) is 30.3 Å². The average molecular weight is 292 g/mol. The van der Waals surface area contributed by atoms with E-state index in [2.05, 4.69) is 5.32 Å². The van der Waals surface area contributed by atoms with Crippen LogP contribution in [-0.4, -0.2) is 39.2 Å². The van der Waals surface area contributed by atoms with Crippen LogP contribution in [-0.2, 0) is 4.79 Å². The number of urea groups is 1. The molecule has 2 aliphatic rings. The molecular weight excluding hydrogens is 276 g/mol. The molecule has 1 saturated carbocycles. The van der Waals surface area contributed by atoms with Gasteiger partial charge in [0.1, 0.15) is 6.04 Å². The molecule has 106 valence electrons. The molecule has 2 amide bonds. The molecular formula is C14H16N2O3S. The van der Waals surface area contributed by atoms with Gasteiger partial charge in [0.2, 0.25) is 0 Å². The van der Waals surface area contributed by atoms with E-state index in [9.17, 15) is 14.7 Å². The number of carbonyl (C=O) groups is 2. The molecule has 1 aliphatic carbocycles. The molecule has 5 nitrogen and oxygen atoms in total. The third kappa shape index (κ3) is 2.60. The number of amides is 2. The fourth-order valence-electron chi connectivity index (χ4n) is 2.43. The van der Waals surface area contributed by atoms with Crippen molar-refractivity contribution in [2.24, 2.45) is 5.92 Å². The fraction of sp³-hybridized carbons (Fsp3) is 0.429. The largest absolute Gasteiger partial charge is 0.480 e. The maximum absolute atomic E-state index is 12.4.